The standard InChI is InChI=1S/C32H41Cl4NO3/c1-2-3-4-5-6-7-8-9-10-11-12-13-14-15-16-17-21-40-24-20-18-19-23(22-24)37-31(38)25-26(32(37)39)28(34)30(36)29(35)27(25)33/h18-20,22H,2-17,21H2,1H3. The van der Waals surface area contributed by atoms with Crippen molar-refractivity contribution in [2.45, 2.75) is 110 Å². The van der Waals surface area contributed by atoms with Crippen LogP contribution in [0.2, 0.25) is 20.1 Å². The third-order valence-electron chi connectivity index (χ3n) is 7.44. The first kappa shape index (κ1) is 33.0. The van der Waals surface area contributed by atoms with Gasteiger partial charge >= 0.3 is 0 Å². The third-order valence-corrected chi connectivity index (χ3v) is 9.25. The Balaban J connectivity index is 1.31. The molecule has 220 valence electrons. The Hall–Kier alpha value is -1.46. The van der Waals surface area contributed by atoms with E-state index in [9.17, 15) is 9.59 Å². The fourth-order valence-electron chi connectivity index (χ4n) is 5.14. The number of hydrogen-bond donors (Lipinski definition) is 0. The first-order valence-corrected chi connectivity index (χ1v) is 16.4. The van der Waals surface area contributed by atoms with Crippen LogP contribution in [0.25, 0.3) is 0 Å². The Bertz CT molecular complexity index is 1090. The van der Waals surface area contributed by atoms with E-state index in [1.165, 1.54) is 89.9 Å². The van der Waals surface area contributed by atoms with Crippen molar-refractivity contribution in [2.75, 3.05) is 11.5 Å². The first-order valence-electron chi connectivity index (χ1n) is 14.9. The molecule has 40 heavy (non-hydrogen) atoms. The molecule has 0 saturated heterocycles. The number of hydrogen-bond acceptors (Lipinski definition) is 3. The molecule has 0 bridgehead atoms. The van der Waals surface area contributed by atoms with Crippen LogP contribution in [0.1, 0.15) is 130 Å². The van der Waals surface area contributed by atoms with E-state index in [2.05, 4.69) is 6.92 Å². The van der Waals surface area contributed by atoms with E-state index in [1.54, 1.807) is 18.2 Å². The fourth-order valence-corrected chi connectivity index (χ4v) is 6.15. The minimum atomic E-state index is -0.597. The molecule has 0 N–H and O–H groups in total. The van der Waals surface area contributed by atoms with Crippen molar-refractivity contribution in [3.05, 3.63) is 55.5 Å². The number of ether oxygens (including phenoxy) is 1. The lowest BCUT2D eigenvalue weighted by atomic mass is 10.0. The summed E-state index contributed by atoms with van der Waals surface area (Å²) in [6.07, 6.45) is 21.1. The molecule has 1 aliphatic rings. The molecule has 0 radical (unpaired) electrons. The van der Waals surface area contributed by atoms with Gasteiger partial charge in [0.2, 0.25) is 0 Å². The number of rotatable bonds is 19. The normalized spacial score (nSPS) is 12.9. The van der Waals surface area contributed by atoms with Crippen LogP contribution in [-0.4, -0.2) is 18.4 Å². The fraction of sp³-hybridized carbons (Fsp3) is 0.562. The van der Waals surface area contributed by atoms with Crippen molar-refractivity contribution in [2.24, 2.45) is 0 Å². The molecule has 0 unspecified atom stereocenters. The molecule has 0 spiro atoms. The van der Waals surface area contributed by atoms with Gasteiger partial charge in [-0.15, -0.1) is 0 Å². The van der Waals surface area contributed by atoms with E-state index in [4.69, 9.17) is 51.1 Å². The average Bonchev–Trinajstić information content (AvgIpc) is 3.22. The van der Waals surface area contributed by atoms with E-state index in [1.807, 2.05) is 6.07 Å². The number of fused-ring (bicyclic) bond motifs is 1. The Morgan fingerprint density at radius 3 is 1.48 bits per heavy atom. The maximum Gasteiger partial charge on any atom is 0.267 e. The number of carbonyl (C=O) groups is 2. The Labute approximate surface area is 259 Å². The van der Waals surface area contributed by atoms with Crippen LogP contribution in [0.5, 0.6) is 5.75 Å². The van der Waals surface area contributed by atoms with E-state index < -0.39 is 11.8 Å². The van der Waals surface area contributed by atoms with E-state index >= 15 is 0 Å². The number of amides is 2. The number of carbonyl (C=O) groups excluding carboxylic acids is 2. The highest BCUT2D eigenvalue weighted by molar-refractivity contribution is 6.56. The van der Waals surface area contributed by atoms with Gasteiger partial charge in [-0.2, -0.15) is 0 Å². The van der Waals surface area contributed by atoms with Crippen molar-refractivity contribution in [1.82, 2.24) is 0 Å². The number of nitrogens with zero attached hydrogens (tertiary/aromatic N) is 1. The quantitative estimate of drug-likeness (QED) is 0.0672. The Morgan fingerprint density at radius 1 is 0.600 bits per heavy atom. The topological polar surface area (TPSA) is 46.6 Å². The summed E-state index contributed by atoms with van der Waals surface area (Å²) >= 11 is 24.7. The molecule has 0 saturated carbocycles. The molecule has 4 nitrogen and oxygen atoms in total. The van der Waals surface area contributed by atoms with Crippen LogP contribution in [0.3, 0.4) is 0 Å². The summed E-state index contributed by atoms with van der Waals surface area (Å²) in [6, 6.07) is 6.88. The second-order valence-electron chi connectivity index (χ2n) is 10.6. The smallest absolute Gasteiger partial charge is 0.267 e. The minimum Gasteiger partial charge on any atom is -0.494 e. The van der Waals surface area contributed by atoms with Crippen LogP contribution in [-0.2, 0) is 0 Å². The van der Waals surface area contributed by atoms with E-state index in [-0.39, 0.29) is 31.2 Å². The molecule has 0 atom stereocenters. The number of anilines is 1. The van der Waals surface area contributed by atoms with Crippen molar-refractivity contribution in [1.29, 1.82) is 0 Å². The van der Waals surface area contributed by atoms with Gasteiger partial charge in [0.05, 0.1) is 43.5 Å². The van der Waals surface area contributed by atoms with E-state index in [0.29, 0.717) is 18.0 Å². The largest absolute Gasteiger partial charge is 0.494 e. The van der Waals surface area contributed by atoms with Crippen LogP contribution in [0, 0.1) is 0 Å². The Morgan fingerprint density at radius 2 is 1.02 bits per heavy atom. The summed E-state index contributed by atoms with van der Waals surface area (Å²) in [6.45, 7) is 2.85. The number of halogens is 4. The van der Waals surface area contributed by atoms with Crippen LogP contribution >= 0.6 is 46.4 Å². The molecule has 1 aliphatic heterocycles. The predicted octanol–water partition coefficient (Wildman–Crippen LogP) is 11.7. The molecule has 2 aromatic carbocycles. The lowest BCUT2D eigenvalue weighted by Crippen LogP contribution is -2.29. The average molecular weight is 629 g/mol. The van der Waals surface area contributed by atoms with Gasteiger partial charge in [0.1, 0.15) is 5.75 Å². The van der Waals surface area contributed by atoms with Gasteiger partial charge in [-0.1, -0.05) is 156 Å². The zero-order valence-electron chi connectivity index (χ0n) is 23.5. The predicted molar refractivity (Wildman–Crippen MR) is 169 cm³/mol. The highest BCUT2D eigenvalue weighted by Gasteiger charge is 2.42. The molecule has 0 aliphatic carbocycles. The summed E-state index contributed by atoms with van der Waals surface area (Å²) in [5.41, 5.74) is 0.297. The number of imide groups is 1. The maximum atomic E-state index is 13.1. The summed E-state index contributed by atoms with van der Waals surface area (Å²) in [5.74, 6) is -0.607. The van der Waals surface area contributed by atoms with Gasteiger partial charge in [0.25, 0.3) is 11.8 Å². The van der Waals surface area contributed by atoms with Gasteiger partial charge in [-0.3, -0.25) is 9.59 Å². The summed E-state index contributed by atoms with van der Waals surface area (Å²) in [7, 11) is 0. The van der Waals surface area contributed by atoms with Gasteiger partial charge in [0.15, 0.2) is 0 Å². The van der Waals surface area contributed by atoms with Crippen molar-refractivity contribution < 1.29 is 14.3 Å². The van der Waals surface area contributed by atoms with Crippen molar-refractivity contribution in [3.63, 3.8) is 0 Å². The molecule has 1 heterocycles. The van der Waals surface area contributed by atoms with Crippen molar-refractivity contribution in [3.8, 4) is 5.75 Å². The highest BCUT2D eigenvalue weighted by Crippen LogP contribution is 2.45. The monoisotopic (exact) mass is 627 g/mol. The summed E-state index contributed by atoms with van der Waals surface area (Å²) < 4.78 is 5.92. The minimum absolute atomic E-state index is 0.0365. The molecule has 2 amide bonds. The zero-order chi connectivity index (χ0) is 28.9. The van der Waals surface area contributed by atoms with Crippen LogP contribution in [0.15, 0.2) is 24.3 Å². The molecule has 3 rings (SSSR count). The lowest BCUT2D eigenvalue weighted by Gasteiger charge is -2.15. The Kier molecular flexibility index (Phi) is 14.4. The first-order chi connectivity index (χ1) is 19.4. The highest BCUT2D eigenvalue weighted by atomic mass is 35.5. The van der Waals surface area contributed by atoms with Crippen LogP contribution in [0.4, 0.5) is 5.69 Å². The molecule has 2 aromatic rings. The molecular weight excluding hydrogens is 588 g/mol. The third kappa shape index (κ3) is 9.02. The molecule has 0 fully saturated rings. The van der Waals surface area contributed by atoms with Gasteiger partial charge in [0, 0.05) is 6.07 Å². The second kappa shape index (κ2) is 17.5. The van der Waals surface area contributed by atoms with E-state index in [0.717, 1.165) is 17.7 Å². The summed E-state index contributed by atoms with van der Waals surface area (Å²) in [5, 5.41) is -0.262. The van der Waals surface area contributed by atoms with Crippen LogP contribution < -0.4 is 9.64 Å². The molecular formula is C32H41Cl4NO3. The lowest BCUT2D eigenvalue weighted by molar-refractivity contribution is 0.0926. The second-order valence-corrected chi connectivity index (χ2v) is 12.1. The van der Waals surface area contributed by atoms with Crippen molar-refractivity contribution >= 4 is 63.9 Å². The number of unbranched alkanes of at least 4 members (excludes halogenated alkanes) is 15. The van der Waals surface area contributed by atoms with Gasteiger partial charge in [-0.05, 0) is 18.6 Å². The summed E-state index contributed by atoms with van der Waals surface area (Å²) in [4.78, 5) is 27.2. The SMILES string of the molecule is CCCCCCCCCCCCCCCCCCOc1cccc(N2C(=O)c3c(Cl)c(Cl)c(Cl)c(Cl)c3C2=O)c1. The zero-order valence-corrected chi connectivity index (χ0v) is 26.5. The van der Waals surface area contributed by atoms with Gasteiger partial charge < -0.3 is 4.74 Å². The van der Waals surface area contributed by atoms with Gasteiger partial charge in [-0.25, -0.2) is 4.90 Å². The molecule has 8 heteroatoms. The molecule has 0 aromatic heterocycles. The number of benzene rings is 2. The maximum absolute atomic E-state index is 13.1.